The van der Waals surface area contributed by atoms with Gasteiger partial charge in [-0.2, -0.15) is 8.61 Å². The van der Waals surface area contributed by atoms with Crippen LogP contribution in [0.25, 0.3) is 0 Å². The van der Waals surface area contributed by atoms with E-state index in [4.69, 9.17) is 4.74 Å². The van der Waals surface area contributed by atoms with Crippen molar-refractivity contribution in [2.75, 3.05) is 51.3 Å². The van der Waals surface area contributed by atoms with Crippen LogP contribution in [0.3, 0.4) is 0 Å². The molecule has 0 aromatic heterocycles. The largest absolute Gasteiger partial charge is 0.497 e. The van der Waals surface area contributed by atoms with Crippen LogP contribution in [-0.2, 0) is 20.0 Å². The molecule has 0 amide bonds. The first kappa shape index (κ1) is 22.1. The third-order valence-corrected chi connectivity index (χ3v) is 9.61. The van der Waals surface area contributed by atoms with Crippen LogP contribution in [-0.4, -0.2) is 71.8 Å². The summed E-state index contributed by atoms with van der Waals surface area (Å²) in [6, 6.07) is 13.4. The molecule has 0 aliphatic carbocycles. The average Bonchev–Trinajstić information content (AvgIpc) is 3.35. The zero-order valence-electron chi connectivity index (χ0n) is 17.5. The van der Waals surface area contributed by atoms with Gasteiger partial charge in [-0.25, -0.2) is 16.8 Å². The first-order chi connectivity index (χ1) is 14.8. The van der Waals surface area contributed by atoms with Crippen molar-refractivity contribution in [3.63, 3.8) is 0 Å². The molecule has 2 aromatic carbocycles. The summed E-state index contributed by atoms with van der Waals surface area (Å²) in [5, 5.41) is 0. The van der Waals surface area contributed by atoms with Crippen LogP contribution in [0, 0.1) is 0 Å². The van der Waals surface area contributed by atoms with E-state index < -0.39 is 20.0 Å². The Balaban J connectivity index is 1.49. The quantitative estimate of drug-likeness (QED) is 0.649. The summed E-state index contributed by atoms with van der Waals surface area (Å²) in [4.78, 5) is 2.18. The molecule has 0 atom stereocenters. The molecule has 0 unspecified atom stereocenters. The summed E-state index contributed by atoms with van der Waals surface area (Å²) in [5.74, 6) is 0.772. The second kappa shape index (κ2) is 8.78. The van der Waals surface area contributed by atoms with E-state index in [0.717, 1.165) is 24.3 Å². The molecule has 168 valence electrons. The van der Waals surface area contributed by atoms with Crippen LogP contribution < -0.4 is 9.64 Å². The van der Waals surface area contributed by atoms with Gasteiger partial charge in [0, 0.05) is 45.0 Å². The van der Waals surface area contributed by atoms with Crippen molar-refractivity contribution in [2.45, 2.75) is 22.6 Å². The molecule has 0 bridgehead atoms. The highest BCUT2D eigenvalue weighted by Gasteiger charge is 2.31. The SMILES string of the molecule is COc1ccc(N2CCN(S(=O)(=O)c3cccc(S(=O)(=O)N4CCCC4)c3)CC2)cc1. The van der Waals surface area contributed by atoms with Gasteiger partial charge in [-0.05, 0) is 55.3 Å². The molecule has 0 radical (unpaired) electrons. The van der Waals surface area contributed by atoms with Gasteiger partial charge in [0.05, 0.1) is 16.9 Å². The summed E-state index contributed by atoms with van der Waals surface area (Å²) < 4.78 is 60.1. The lowest BCUT2D eigenvalue weighted by Crippen LogP contribution is -2.48. The van der Waals surface area contributed by atoms with Crippen LogP contribution in [0.1, 0.15) is 12.8 Å². The molecule has 0 spiro atoms. The molecule has 2 aromatic rings. The number of piperazine rings is 1. The Bertz CT molecular complexity index is 1120. The molecule has 4 rings (SSSR count). The molecule has 0 saturated carbocycles. The van der Waals surface area contributed by atoms with Gasteiger partial charge >= 0.3 is 0 Å². The molecular formula is C21H27N3O5S2. The number of ether oxygens (including phenoxy) is 1. The number of nitrogens with zero attached hydrogens (tertiary/aromatic N) is 3. The monoisotopic (exact) mass is 465 g/mol. The fourth-order valence-electron chi connectivity index (χ4n) is 4.00. The molecule has 10 heteroatoms. The molecule has 2 fully saturated rings. The van der Waals surface area contributed by atoms with Gasteiger partial charge in [0.1, 0.15) is 5.75 Å². The van der Waals surface area contributed by atoms with Crippen molar-refractivity contribution in [3.8, 4) is 5.75 Å². The molecule has 2 saturated heterocycles. The number of sulfonamides is 2. The highest BCUT2D eigenvalue weighted by atomic mass is 32.2. The fraction of sp³-hybridized carbons (Fsp3) is 0.429. The molecule has 2 aliphatic heterocycles. The van der Waals surface area contributed by atoms with Gasteiger partial charge in [0.25, 0.3) is 0 Å². The molecule has 0 N–H and O–H groups in total. The number of methoxy groups -OCH3 is 1. The smallest absolute Gasteiger partial charge is 0.243 e. The Kier molecular flexibility index (Phi) is 6.25. The van der Waals surface area contributed by atoms with Gasteiger partial charge in [-0.3, -0.25) is 0 Å². The third-order valence-electron chi connectivity index (χ3n) is 5.82. The summed E-state index contributed by atoms with van der Waals surface area (Å²) in [6.07, 6.45) is 1.66. The van der Waals surface area contributed by atoms with E-state index in [1.54, 1.807) is 7.11 Å². The van der Waals surface area contributed by atoms with Crippen molar-refractivity contribution in [2.24, 2.45) is 0 Å². The number of rotatable bonds is 6. The highest BCUT2D eigenvalue weighted by Crippen LogP contribution is 2.26. The fourth-order valence-corrected chi connectivity index (χ4v) is 7.11. The van der Waals surface area contributed by atoms with Crippen LogP contribution in [0.2, 0.25) is 0 Å². The molecule has 31 heavy (non-hydrogen) atoms. The Morgan fingerprint density at radius 3 is 1.74 bits per heavy atom. The second-order valence-corrected chi connectivity index (χ2v) is 11.6. The zero-order valence-corrected chi connectivity index (χ0v) is 19.1. The van der Waals surface area contributed by atoms with E-state index in [-0.39, 0.29) is 9.79 Å². The van der Waals surface area contributed by atoms with Crippen LogP contribution >= 0.6 is 0 Å². The average molecular weight is 466 g/mol. The third kappa shape index (κ3) is 4.43. The van der Waals surface area contributed by atoms with Crippen molar-refractivity contribution in [3.05, 3.63) is 48.5 Å². The molecule has 2 heterocycles. The van der Waals surface area contributed by atoms with E-state index in [1.807, 2.05) is 24.3 Å². The first-order valence-corrected chi connectivity index (χ1v) is 13.2. The maximum absolute atomic E-state index is 13.2. The van der Waals surface area contributed by atoms with Crippen LogP contribution in [0.5, 0.6) is 5.75 Å². The highest BCUT2D eigenvalue weighted by molar-refractivity contribution is 7.90. The van der Waals surface area contributed by atoms with E-state index in [2.05, 4.69) is 4.90 Å². The minimum absolute atomic E-state index is 0.0191. The maximum atomic E-state index is 13.2. The summed E-state index contributed by atoms with van der Waals surface area (Å²) in [7, 11) is -5.84. The number of anilines is 1. The van der Waals surface area contributed by atoms with Gasteiger partial charge < -0.3 is 9.64 Å². The molecular weight excluding hydrogens is 438 g/mol. The Hall–Kier alpha value is -2.14. The predicted molar refractivity (Wildman–Crippen MR) is 118 cm³/mol. The number of benzene rings is 2. The lowest BCUT2D eigenvalue weighted by molar-refractivity contribution is 0.384. The normalized spacial score (nSPS) is 18.9. The van der Waals surface area contributed by atoms with E-state index in [0.29, 0.717) is 39.3 Å². The van der Waals surface area contributed by atoms with Crippen LogP contribution in [0.4, 0.5) is 5.69 Å². The van der Waals surface area contributed by atoms with Crippen molar-refractivity contribution < 1.29 is 21.6 Å². The van der Waals surface area contributed by atoms with E-state index in [9.17, 15) is 16.8 Å². The van der Waals surface area contributed by atoms with Gasteiger partial charge in [0.15, 0.2) is 0 Å². The molecule has 8 nitrogen and oxygen atoms in total. The number of hydrogen-bond donors (Lipinski definition) is 0. The lowest BCUT2D eigenvalue weighted by atomic mass is 10.2. The minimum Gasteiger partial charge on any atom is -0.497 e. The van der Waals surface area contributed by atoms with Gasteiger partial charge in [-0.1, -0.05) is 6.07 Å². The zero-order chi connectivity index (χ0) is 22.1. The Morgan fingerprint density at radius 2 is 1.23 bits per heavy atom. The molecule has 2 aliphatic rings. The Labute approximate surface area is 184 Å². The van der Waals surface area contributed by atoms with Crippen LogP contribution in [0.15, 0.2) is 58.3 Å². The lowest BCUT2D eigenvalue weighted by Gasteiger charge is -2.35. The van der Waals surface area contributed by atoms with Crippen molar-refractivity contribution in [1.29, 1.82) is 0 Å². The van der Waals surface area contributed by atoms with Crippen molar-refractivity contribution >= 4 is 25.7 Å². The maximum Gasteiger partial charge on any atom is 0.243 e. The van der Waals surface area contributed by atoms with Gasteiger partial charge in [-0.15, -0.1) is 0 Å². The summed E-state index contributed by atoms with van der Waals surface area (Å²) >= 11 is 0. The van der Waals surface area contributed by atoms with E-state index >= 15 is 0 Å². The minimum atomic E-state index is -3.78. The topological polar surface area (TPSA) is 87.2 Å². The number of hydrogen-bond acceptors (Lipinski definition) is 6. The standard InChI is InChI=1S/C21H27N3O5S2/c1-29-19-9-7-18(8-10-19)22-13-15-24(16-14-22)31(27,28)21-6-4-5-20(17-21)30(25,26)23-11-2-3-12-23/h4-10,17H,2-3,11-16H2,1H3. The van der Waals surface area contributed by atoms with Crippen molar-refractivity contribution in [1.82, 2.24) is 8.61 Å². The predicted octanol–water partition coefficient (Wildman–Crippen LogP) is 1.99. The summed E-state index contributed by atoms with van der Waals surface area (Å²) in [6.45, 7) is 2.73. The van der Waals surface area contributed by atoms with E-state index in [1.165, 1.54) is 32.9 Å². The first-order valence-electron chi connectivity index (χ1n) is 10.3. The van der Waals surface area contributed by atoms with Gasteiger partial charge in [0.2, 0.25) is 20.0 Å². The Morgan fingerprint density at radius 1 is 0.710 bits per heavy atom. The summed E-state index contributed by atoms with van der Waals surface area (Å²) in [5.41, 5.74) is 1.01. The second-order valence-electron chi connectivity index (χ2n) is 7.68.